The Morgan fingerprint density at radius 1 is 1.33 bits per heavy atom. The number of methoxy groups -OCH3 is 1. The number of ether oxygens (including phenoxy) is 1. The average Bonchev–Trinajstić information content (AvgIpc) is 2.45. The molecule has 1 fully saturated rings. The van der Waals surface area contributed by atoms with Crippen molar-refractivity contribution < 1.29 is 4.74 Å². The minimum atomic E-state index is 0.438. The van der Waals surface area contributed by atoms with Gasteiger partial charge in [-0.25, -0.2) is 0 Å². The Labute approximate surface area is 110 Å². The molecule has 0 spiro atoms. The van der Waals surface area contributed by atoms with Gasteiger partial charge in [-0.2, -0.15) is 0 Å². The molecule has 1 aliphatic rings. The predicted molar refractivity (Wildman–Crippen MR) is 74.6 cm³/mol. The third-order valence-electron chi connectivity index (χ3n) is 3.57. The number of hydrogen-bond acceptors (Lipinski definition) is 3. The van der Waals surface area contributed by atoms with Crippen LogP contribution in [0, 0.1) is 0 Å². The molecule has 1 unspecified atom stereocenters. The Hall–Kier alpha value is -0.900. The summed E-state index contributed by atoms with van der Waals surface area (Å²) in [6.07, 6.45) is 2.91. The third kappa shape index (κ3) is 4.41. The average molecular weight is 248 g/mol. The van der Waals surface area contributed by atoms with Crippen LogP contribution in [0.2, 0.25) is 0 Å². The molecule has 0 amide bonds. The monoisotopic (exact) mass is 248 g/mol. The van der Waals surface area contributed by atoms with E-state index in [1.807, 2.05) is 7.11 Å². The summed E-state index contributed by atoms with van der Waals surface area (Å²) in [4.78, 5) is 2.50. The van der Waals surface area contributed by atoms with E-state index in [1.54, 1.807) is 0 Å². The molecule has 1 atom stereocenters. The van der Waals surface area contributed by atoms with Gasteiger partial charge < -0.3 is 10.1 Å². The van der Waals surface area contributed by atoms with Crippen molar-refractivity contribution in [3.63, 3.8) is 0 Å². The highest BCUT2D eigenvalue weighted by Crippen LogP contribution is 2.11. The first kappa shape index (κ1) is 13.5. The fraction of sp³-hybridized carbons (Fsp3) is 0.600. The number of benzene rings is 1. The van der Waals surface area contributed by atoms with Crippen LogP contribution in [0.4, 0.5) is 0 Å². The van der Waals surface area contributed by atoms with E-state index < -0.39 is 0 Å². The van der Waals surface area contributed by atoms with Gasteiger partial charge in [0.05, 0.1) is 6.10 Å². The maximum absolute atomic E-state index is 5.43. The van der Waals surface area contributed by atoms with E-state index in [0.717, 1.165) is 26.2 Å². The van der Waals surface area contributed by atoms with Crippen molar-refractivity contribution in [3.8, 4) is 0 Å². The molecule has 1 saturated heterocycles. The number of nitrogens with zero attached hydrogens (tertiary/aromatic N) is 1. The van der Waals surface area contributed by atoms with Crippen molar-refractivity contribution in [2.45, 2.75) is 25.5 Å². The first-order valence-electron chi connectivity index (χ1n) is 6.88. The lowest BCUT2D eigenvalue weighted by molar-refractivity contribution is 0.0318. The van der Waals surface area contributed by atoms with Crippen molar-refractivity contribution >= 4 is 0 Å². The normalized spacial score (nSPS) is 21.1. The van der Waals surface area contributed by atoms with Gasteiger partial charge in [-0.15, -0.1) is 0 Å². The molecule has 1 N–H and O–H groups in total. The Kier molecular flexibility index (Phi) is 5.65. The molecule has 0 bridgehead atoms. The molecule has 3 nitrogen and oxygen atoms in total. The molecular weight excluding hydrogens is 224 g/mol. The van der Waals surface area contributed by atoms with Gasteiger partial charge in [-0.1, -0.05) is 30.3 Å². The van der Waals surface area contributed by atoms with Crippen molar-refractivity contribution in [1.29, 1.82) is 0 Å². The largest absolute Gasteiger partial charge is 0.380 e. The predicted octanol–water partition coefficient (Wildman–Crippen LogP) is 1.89. The fourth-order valence-corrected chi connectivity index (χ4v) is 2.47. The molecule has 2 rings (SSSR count). The van der Waals surface area contributed by atoms with Crippen LogP contribution < -0.4 is 5.32 Å². The van der Waals surface area contributed by atoms with Crippen LogP contribution in [-0.2, 0) is 11.3 Å². The van der Waals surface area contributed by atoms with Crippen molar-refractivity contribution in [3.05, 3.63) is 35.9 Å². The van der Waals surface area contributed by atoms with Crippen LogP contribution in [0.25, 0.3) is 0 Å². The summed E-state index contributed by atoms with van der Waals surface area (Å²) in [7, 11) is 1.82. The minimum Gasteiger partial charge on any atom is -0.380 e. The van der Waals surface area contributed by atoms with Crippen LogP contribution in [0.3, 0.4) is 0 Å². The zero-order valence-electron chi connectivity index (χ0n) is 11.3. The molecule has 1 aromatic rings. The second kappa shape index (κ2) is 7.52. The number of hydrogen-bond donors (Lipinski definition) is 1. The molecular formula is C15H24N2O. The van der Waals surface area contributed by atoms with Crippen molar-refractivity contribution in [2.24, 2.45) is 0 Å². The summed E-state index contributed by atoms with van der Waals surface area (Å²) in [5, 5.41) is 3.50. The van der Waals surface area contributed by atoms with E-state index in [9.17, 15) is 0 Å². The summed E-state index contributed by atoms with van der Waals surface area (Å²) in [5.74, 6) is 0. The highest BCUT2D eigenvalue weighted by atomic mass is 16.5. The molecule has 0 aromatic heterocycles. The van der Waals surface area contributed by atoms with E-state index in [2.05, 4.69) is 40.5 Å². The Bertz CT molecular complexity index is 329. The van der Waals surface area contributed by atoms with Crippen LogP contribution in [0.5, 0.6) is 0 Å². The molecule has 0 aliphatic carbocycles. The molecule has 3 heteroatoms. The van der Waals surface area contributed by atoms with Gasteiger partial charge in [-0.3, -0.25) is 4.90 Å². The third-order valence-corrected chi connectivity index (χ3v) is 3.57. The zero-order valence-corrected chi connectivity index (χ0v) is 11.3. The minimum absolute atomic E-state index is 0.438. The lowest BCUT2D eigenvalue weighted by Crippen LogP contribution is -2.42. The van der Waals surface area contributed by atoms with E-state index in [1.165, 1.54) is 24.9 Å². The molecule has 100 valence electrons. The Morgan fingerprint density at radius 2 is 2.17 bits per heavy atom. The number of nitrogens with one attached hydrogen (secondary N) is 1. The quantitative estimate of drug-likeness (QED) is 0.778. The molecule has 1 heterocycles. The standard InChI is InChI=1S/C15H24N2O/c1-18-15-8-5-10-17(13-15)11-9-16-12-14-6-3-2-4-7-14/h2-4,6-7,15-16H,5,8-13H2,1H3. The molecule has 0 radical (unpaired) electrons. The number of rotatable bonds is 6. The van der Waals surface area contributed by atoms with E-state index in [0.29, 0.717) is 6.10 Å². The van der Waals surface area contributed by atoms with Crippen LogP contribution >= 0.6 is 0 Å². The Balaban J connectivity index is 1.60. The topological polar surface area (TPSA) is 24.5 Å². The molecule has 18 heavy (non-hydrogen) atoms. The van der Waals surface area contributed by atoms with E-state index >= 15 is 0 Å². The lowest BCUT2D eigenvalue weighted by atomic mass is 10.1. The van der Waals surface area contributed by atoms with Gasteiger partial charge in [0, 0.05) is 33.3 Å². The van der Waals surface area contributed by atoms with Gasteiger partial charge in [-0.05, 0) is 24.9 Å². The Morgan fingerprint density at radius 3 is 2.94 bits per heavy atom. The number of likely N-dealkylation sites (tertiary alicyclic amines) is 1. The van der Waals surface area contributed by atoms with Gasteiger partial charge >= 0.3 is 0 Å². The van der Waals surface area contributed by atoms with E-state index in [-0.39, 0.29) is 0 Å². The van der Waals surface area contributed by atoms with Crippen molar-refractivity contribution in [1.82, 2.24) is 10.2 Å². The van der Waals surface area contributed by atoms with Crippen LogP contribution in [0.1, 0.15) is 18.4 Å². The molecule has 1 aromatic carbocycles. The van der Waals surface area contributed by atoms with E-state index in [4.69, 9.17) is 4.74 Å². The fourth-order valence-electron chi connectivity index (χ4n) is 2.47. The van der Waals surface area contributed by atoms with Gasteiger partial charge in [0.25, 0.3) is 0 Å². The highest BCUT2D eigenvalue weighted by molar-refractivity contribution is 5.14. The smallest absolute Gasteiger partial charge is 0.0698 e. The maximum Gasteiger partial charge on any atom is 0.0698 e. The SMILES string of the molecule is COC1CCCN(CCNCc2ccccc2)C1. The molecule has 1 aliphatic heterocycles. The van der Waals surface area contributed by atoms with Gasteiger partial charge in [0.15, 0.2) is 0 Å². The van der Waals surface area contributed by atoms with Crippen LogP contribution in [0.15, 0.2) is 30.3 Å². The molecule has 0 saturated carbocycles. The summed E-state index contributed by atoms with van der Waals surface area (Å²) in [5.41, 5.74) is 1.35. The summed E-state index contributed by atoms with van der Waals surface area (Å²) >= 11 is 0. The van der Waals surface area contributed by atoms with Gasteiger partial charge in [0.2, 0.25) is 0 Å². The summed E-state index contributed by atoms with van der Waals surface area (Å²) in [6.45, 7) is 5.43. The first-order chi connectivity index (χ1) is 8.88. The highest BCUT2D eigenvalue weighted by Gasteiger charge is 2.18. The number of piperidine rings is 1. The van der Waals surface area contributed by atoms with Crippen LogP contribution in [-0.4, -0.2) is 44.3 Å². The second-order valence-electron chi connectivity index (χ2n) is 4.96. The maximum atomic E-state index is 5.43. The van der Waals surface area contributed by atoms with Crippen molar-refractivity contribution in [2.75, 3.05) is 33.3 Å². The second-order valence-corrected chi connectivity index (χ2v) is 4.96. The summed E-state index contributed by atoms with van der Waals surface area (Å²) < 4.78 is 5.43. The first-order valence-corrected chi connectivity index (χ1v) is 6.88. The lowest BCUT2D eigenvalue weighted by Gasteiger charge is -2.31. The summed E-state index contributed by atoms with van der Waals surface area (Å²) in [6, 6.07) is 10.6. The zero-order chi connectivity index (χ0) is 12.6. The van der Waals surface area contributed by atoms with Gasteiger partial charge in [0.1, 0.15) is 0 Å².